The second-order valence-corrected chi connectivity index (χ2v) is 5.88. The number of rotatable bonds is 5. The Labute approximate surface area is 119 Å². The van der Waals surface area contributed by atoms with Gasteiger partial charge in [-0.05, 0) is 36.3 Å². The maximum Gasteiger partial charge on any atom is 0.304 e. The molecule has 1 aliphatic carbocycles. The number of thiophene rings is 1. The average molecular weight is 292 g/mol. The van der Waals surface area contributed by atoms with Crippen molar-refractivity contribution in [2.45, 2.75) is 18.9 Å². The van der Waals surface area contributed by atoms with E-state index in [2.05, 4.69) is 11.4 Å². The lowest BCUT2D eigenvalue weighted by Crippen LogP contribution is -2.11. The van der Waals surface area contributed by atoms with Gasteiger partial charge < -0.3 is 5.32 Å². The topological polar surface area (TPSA) is 55.2 Å². The quantitative estimate of drug-likeness (QED) is 0.658. The summed E-state index contributed by atoms with van der Waals surface area (Å²) in [4.78, 5) is 11.1. The third-order valence-corrected chi connectivity index (χ3v) is 4.37. The number of benzene rings is 1. The molecule has 0 radical (unpaired) electrons. The molecule has 1 saturated carbocycles. The fourth-order valence-corrected chi connectivity index (χ4v) is 3.11. The molecular formula is C14H13FN2O2S. The summed E-state index contributed by atoms with van der Waals surface area (Å²) in [7, 11) is 0. The van der Waals surface area contributed by atoms with E-state index in [0.717, 1.165) is 12.8 Å². The third kappa shape index (κ3) is 2.65. The Bertz CT molecular complexity index is 626. The SMILES string of the molecule is O=[N+]([O-])c1ccc(NC(c2cccs2)C2CC2)cc1F. The average Bonchev–Trinajstić information content (AvgIpc) is 3.10. The predicted molar refractivity (Wildman–Crippen MR) is 76.5 cm³/mol. The van der Waals surface area contributed by atoms with E-state index in [1.807, 2.05) is 11.4 Å². The zero-order valence-corrected chi connectivity index (χ0v) is 11.4. The number of hydrogen-bond acceptors (Lipinski definition) is 4. The molecule has 4 nitrogen and oxygen atoms in total. The van der Waals surface area contributed by atoms with E-state index in [4.69, 9.17) is 0 Å². The largest absolute Gasteiger partial charge is 0.377 e. The van der Waals surface area contributed by atoms with Gasteiger partial charge in [0.15, 0.2) is 0 Å². The lowest BCUT2D eigenvalue weighted by molar-refractivity contribution is -0.387. The molecule has 0 aliphatic heterocycles. The van der Waals surface area contributed by atoms with Crippen molar-refractivity contribution >= 4 is 22.7 Å². The van der Waals surface area contributed by atoms with Gasteiger partial charge in [-0.2, -0.15) is 4.39 Å². The number of anilines is 1. The Morgan fingerprint density at radius 3 is 2.75 bits per heavy atom. The molecule has 1 N–H and O–H groups in total. The molecule has 0 spiro atoms. The van der Waals surface area contributed by atoms with Gasteiger partial charge in [-0.1, -0.05) is 6.07 Å². The Hall–Kier alpha value is -1.95. The van der Waals surface area contributed by atoms with Crippen molar-refractivity contribution in [2.75, 3.05) is 5.32 Å². The van der Waals surface area contributed by atoms with E-state index in [-0.39, 0.29) is 6.04 Å². The van der Waals surface area contributed by atoms with E-state index >= 15 is 0 Å². The molecule has 0 amide bonds. The van der Waals surface area contributed by atoms with Crippen molar-refractivity contribution in [2.24, 2.45) is 5.92 Å². The highest BCUT2D eigenvalue weighted by Gasteiger charge is 2.33. The van der Waals surface area contributed by atoms with E-state index in [9.17, 15) is 14.5 Å². The first-order valence-corrected chi connectivity index (χ1v) is 7.27. The first kappa shape index (κ1) is 13.1. The third-order valence-electron chi connectivity index (χ3n) is 3.41. The van der Waals surface area contributed by atoms with Crippen LogP contribution >= 0.6 is 11.3 Å². The van der Waals surface area contributed by atoms with E-state index < -0.39 is 16.4 Å². The van der Waals surface area contributed by atoms with Crippen LogP contribution in [-0.4, -0.2) is 4.92 Å². The molecule has 1 atom stereocenters. The molecule has 104 valence electrons. The highest BCUT2D eigenvalue weighted by molar-refractivity contribution is 7.10. The van der Waals surface area contributed by atoms with Crippen molar-refractivity contribution in [3.05, 3.63) is 56.5 Å². The van der Waals surface area contributed by atoms with Crippen LogP contribution in [0.2, 0.25) is 0 Å². The number of nitrogens with zero attached hydrogens (tertiary/aromatic N) is 1. The molecule has 1 aromatic heterocycles. The maximum absolute atomic E-state index is 13.6. The number of nitro groups is 1. The second-order valence-electron chi connectivity index (χ2n) is 4.90. The molecule has 6 heteroatoms. The normalized spacial score (nSPS) is 15.8. The van der Waals surface area contributed by atoms with E-state index in [1.54, 1.807) is 17.4 Å². The zero-order chi connectivity index (χ0) is 14.1. The minimum absolute atomic E-state index is 0.163. The summed E-state index contributed by atoms with van der Waals surface area (Å²) >= 11 is 1.67. The highest BCUT2D eigenvalue weighted by Crippen LogP contribution is 2.44. The van der Waals surface area contributed by atoms with E-state index in [1.165, 1.54) is 17.0 Å². The Balaban J connectivity index is 1.82. The number of hydrogen-bond donors (Lipinski definition) is 1. The van der Waals surface area contributed by atoms with Crippen LogP contribution in [0.15, 0.2) is 35.7 Å². The van der Waals surface area contributed by atoms with Gasteiger partial charge in [-0.3, -0.25) is 10.1 Å². The first-order chi connectivity index (χ1) is 9.65. The van der Waals surface area contributed by atoms with Crippen LogP contribution in [0.4, 0.5) is 15.8 Å². The minimum Gasteiger partial charge on any atom is -0.377 e. The summed E-state index contributed by atoms with van der Waals surface area (Å²) in [6.45, 7) is 0. The molecule has 0 saturated heterocycles. The van der Waals surface area contributed by atoms with Crippen molar-refractivity contribution in [1.82, 2.24) is 0 Å². The fourth-order valence-electron chi connectivity index (χ4n) is 2.24. The predicted octanol–water partition coefficient (Wildman–Crippen LogP) is 4.36. The van der Waals surface area contributed by atoms with Gasteiger partial charge >= 0.3 is 5.69 Å². The van der Waals surface area contributed by atoms with Crippen molar-refractivity contribution in [3.63, 3.8) is 0 Å². The van der Waals surface area contributed by atoms with E-state index in [0.29, 0.717) is 11.6 Å². The lowest BCUT2D eigenvalue weighted by Gasteiger charge is -2.18. The standard InChI is InChI=1S/C14H13FN2O2S/c15-11-8-10(5-6-12(11)17(18)19)16-14(9-3-4-9)13-2-1-7-20-13/h1-2,5-9,14,16H,3-4H2. The van der Waals surface area contributed by atoms with Crippen molar-refractivity contribution in [3.8, 4) is 0 Å². The van der Waals surface area contributed by atoms with Crippen LogP contribution in [0.25, 0.3) is 0 Å². The van der Waals surface area contributed by atoms with Crippen molar-refractivity contribution in [1.29, 1.82) is 0 Å². The zero-order valence-electron chi connectivity index (χ0n) is 10.6. The lowest BCUT2D eigenvalue weighted by atomic mass is 10.1. The number of nitro benzene ring substituents is 1. The monoisotopic (exact) mass is 292 g/mol. The van der Waals surface area contributed by atoms with Gasteiger partial charge in [-0.15, -0.1) is 11.3 Å². The fraction of sp³-hybridized carbons (Fsp3) is 0.286. The van der Waals surface area contributed by atoms with Gasteiger partial charge in [0, 0.05) is 22.7 Å². The summed E-state index contributed by atoms with van der Waals surface area (Å²) in [6.07, 6.45) is 2.32. The second kappa shape index (κ2) is 5.20. The Kier molecular flexibility index (Phi) is 3.40. The molecule has 1 fully saturated rings. The van der Waals surface area contributed by atoms with Gasteiger partial charge in [0.25, 0.3) is 0 Å². The molecule has 20 heavy (non-hydrogen) atoms. The van der Waals surface area contributed by atoms with Crippen molar-refractivity contribution < 1.29 is 9.31 Å². The molecule has 1 heterocycles. The summed E-state index contributed by atoms with van der Waals surface area (Å²) in [5.41, 5.74) is 0.0908. The Morgan fingerprint density at radius 1 is 1.40 bits per heavy atom. The van der Waals surface area contributed by atoms with Gasteiger partial charge in [0.2, 0.25) is 5.82 Å². The molecule has 0 bridgehead atoms. The van der Waals surface area contributed by atoms with Crippen LogP contribution in [0.5, 0.6) is 0 Å². The smallest absolute Gasteiger partial charge is 0.304 e. The van der Waals surface area contributed by atoms with Gasteiger partial charge in [0.1, 0.15) is 0 Å². The van der Waals surface area contributed by atoms with Crippen LogP contribution in [-0.2, 0) is 0 Å². The molecule has 1 aliphatic rings. The number of halogens is 1. The van der Waals surface area contributed by atoms with Gasteiger partial charge in [-0.25, -0.2) is 0 Å². The highest BCUT2D eigenvalue weighted by atomic mass is 32.1. The van der Waals surface area contributed by atoms with Crippen LogP contribution in [0, 0.1) is 21.8 Å². The molecule has 2 aromatic rings. The van der Waals surface area contributed by atoms with Crippen LogP contribution in [0.1, 0.15) is 23.8 Å². The van der Waals surface area contributed by atoms with Crippen LogP contribution in [0.3, 0.4) is 0 Å². The molecule has 1 aromatic carbocycles. The summed E-state index contributed by atoms with van der Waals surface area (Å²) in [5.74, 6) is -0.243. The summed E-state index contributed by atoms with van der Waals surface area (Å²) in [5, 5.41) is 15.9. The molecule has 3 rings (SSSR count). The molecule has 1 unspecified atom stereocenters. The van der Waals surface area contributed by atoms with Gasteiger partial charge in [0.05, 0.1) is 11.0 Å². The first-order valence-electron chi connectivity index (χ1n) is 6.39. The Morgan fingerprint density at radius 2 is 2.20 bits per heavy atom. The summed E-state index contributed by atoms with van der Waals surface area (Å²) < 4.78 is 13.6. The molecular weight excluding hydrogens is 279 g/mol. The number of nitrogens with one attached hydrogen (secondary N) is 1. The summed E-state index contributed by atoms with van der Waals surface area (Å²) in [6, 6.07) is 8.17. The van der Waals surface area contributed by atoms with Crippen LogP contribution < -0.4 is 5.32 Å². The minimum atomic E-state index is -0.805. The maximum atomic E-state index is 13.6.